The molecule has 1 unspecified atom stereocenters. The minimum Gasteiger partial charge on any atom is -0.496 e. The smallest absolute Gasteiger partial charge is 0.285 e. The Labute approximate surface area is 104 Å². The number of rotatable bonds is 5. The summed E-state index contributed by atoms with van der Waals surface area (Å²) in [6, 6.07) is 4.12. The van der Waals surface area contributed by atoms with E-state index in [-0.39, 0.29) is 23.5 Å². The predicted octanol–water partition coefficient (Wildman–Crippen LogP) is 0.714. The molecule has 0 bridgehead atoms. The largest absolute Gasteiger partial charge is 0.496 e. The maximum absolute atomic E-state index is 11.8. The van der Waals surface area contributed by atoms with Gasteiger partial charge in [-0.3, -0.25) is 14.9 Å². The number of aliphatic hydroxyl groups is 1. The number of nitrogens with zero attached hydrogens (tertiary/aromatic N) is 1. The van der Waals surface area contributed by atoms with Crippen LogP contribution >= 0.6 is 0 Å². The molecule has 7 heteroatoms. The molecule has 0 saturated heterocycles. The van der Waals surface area contributed by atoms with Gasteiger partial charge in [0.05, 0.1) is 18.1 Å². The molecule has 0 aliphatic carbocycles. The van der Waals surface area contributed by atoms with Crippen molar-refractivity contribution in [3.63, 3.8) is 0 Å². The molecule has 0 heterocycles. The maximum Gasteiger partial charge on any atom is 0.285 e. The van der Waals surface area contributed by atoms with Crippen LogP contribution in [-0.4, -0.2) is 35.7 Å². The van der Waals surface area contributed by atoms with Crippen molar-refractivity contribution >= 4 is 11.6 Å². The van der Waals surface area contributed by atoms with Crippen LogP contribution in [0.3, 0.4) is 0 Å². The van der Waals surface area contributed by atoms with Crippen LogP contribution in [0.1, 0.15) is 17.3 Å². The summed E-state index contributed by atoms with van der Waals surface area (Å²) in [4.78, 5) is 22.0. The van der Waals surface area contributed by atoms with E-state index in [0.717, 1.165) is 0 Å². The summed E-state index contributed by atoms with van der Waals surface area (Å²) in [7, 11) is 1.32. The molecule has 0 aliphatic heterocycles. The summed E-state index contributed by atoms with van der Waals surface area (Å²) in [5.74, 6) is -0.535. The molecule has 0 aromatic heterocycles. The fourth-order valence-corrected chi connectivity index (χ4v) is 1.40. The van der Waals surface area contributed by atoms with E-state index in [4.69, 9.17) is 9.84 Å². The molecular weight excluding hydrogens is 240 g/mol. The summed E-state index contributed by atoms with van der Waals surface area (Å²) < 4.78 is 4.94. The molecule has 1 aromatic rings. The average molecular weight is 254 g/mol. The Hall–Kier alpha value is -2.15. The van der Waals surface area contributed by atoms with Gasteiger partial charge in [0.15, 0.2) is 5.56 Å². The first kappa shape index (κ1) is 13.9. The number of hydrogen-bond acceptors (Lipinski definition) is 5. The molecular formula is C11H14N2O5. The topological polar surface area (TPSA) is 102 Å². The molecule has 18 heavy (non-hydrogen) atoms. The van der Waals surface area contributed by atoms with E-state index in [1.165, 1.54) is 32.2 Å². The van der Waals surface area contributed by atoms with Crippen molar-refractivity contribution in [1.29, 1.82) is 0 Å². The van der Waals surface area contributed by atoms with Crippen molar-refractivity contribution < 1.29 is 19.6 Å². The van der Waals surface area contributed by atoms with E-state index < -0.39 is 16.9 Å². The number of nitrogens with one attached hydrogen (secondary N) is 1. The van der Waals surface area contributed by atoms with Gasteiger partial charge < -0.3 is 15.2 Å². The highest BCUT2D eigenvalue weighted by molar-refractivity contribution is 6.00. The Kier molecular flexibility index (Phi) is 4.61. The molecule has 0 fully saturated rings. The first-order valence-corrected chi connectivity index (χ1v) is 5.25. The highest BCUT2D eigenvalue weighted by Gasteiger charge is 2.24. The molecule has 1 rings (SSSR count). The van der Waals surface area contributed by atoms with E-state index in [1.807, 2.05) is 0 Å². The number of benzene rings is 1. The van der Waals surface area contributed by atoms with Crippen molar-refractivity contribution in [3.05, 3.63) is 33.9 Å². The van der Waals surface area contributed by atoms with E-state index in [0.29, 0.717) is 0 Å². The van der Waals surface area contributed by atoms with Gasteiger partial charge in [0.25, 0.3) is 11.6 Å². The quantitative estimate of drug-likeness (QED) is 0.595. The summed E-state index contributed by atoms with van der Waals surface area (Å²) >= 11 is 0. The van der Waals surface area contributed by atoms with Crippen molar-refractivity contribution in [2.75, 3.05) is 13.7 Å². The van der Waals surface area contributed by atoms with Gasteiger partial charge in [-0.2, -0.15) is 0 Å². The van der Waals surface area contributed by atoms with Crippen molar-refractivity contribution in [2.45, 2.75) is 13.0 Å². The lowest BCUT2D eigenvalue weighted by Gasteiger charge is -2.10. The van der Waals surface area contributed by atoms with Crippen LogP contribution in [-0.2, 0) is 0 Å². The number of nitro groups is 1. The van der Waals surface area contributed by atoms with E-state index in [2.05, 4.69) is 5.32 Å². The van der Waals surface area contributed by atoms with Crippen LogP contribution in [0.4, 0.5) is 5.69 Å². The third kappa shape index (κ3) is 3.17. The highest BCUT2D eigenvalue weighted by atomic mass is 16.6. The van der Waals surface area contributed by atoms with Crippen LogP contribution in [0.2, 0.25) is 0 Å². The fourth-order valence-electron chi connectivity index (χ4n) is 1.40. The summed E-state index contributed by atoms with van der Waals surface area (Å²) in [6.07, 6.45) is -0.734. The van der Waals surface area contributed by atoms with E-state index >= 15 is 0 Å². The van der Waals surface area contributed by atoms with E-state index in [9.17, 15) is 14.9 Å². The van der Waals surface area contributed by atoms with Gasteiger partial charge in [-0.25, -0.2) is 0 Å². The molecule has 0 saturated carbocycles. The van der Waals surface area contributed by atoms with Gasteiger partial charge in [-0.05, 0) is 13.0 Å². The third-order valence-corrected chi connectivity index (χ3v) is 2.21. The molecule has 0 aliphatic rings. The number of carbonyl (C=O) groups is 1. The van der Waals surface area contributed by atoms with Crippen molar-refractivity contribution in [3.8, 4) is 5.75 Å². The second-order valence-electron chi connectivity index (χ2n) is 3.67. The minimum atomic E-state index is -0.734. The number of hydrogen-bond donors (Lipinski definition) is 2. The Morgan fingerprint density at radius 1 is 1.61 bits per heavy atom. The van der Waals surface area contributed by atoms with Crippen LogP contribution in [0.25, 0.3) is 0 Å². The van der Waals surface area contributed by atoms with Gasteiger partial charge in [-0.1, -0.05) is 6.07 Å². The number of carbonyl (C=O) groups excluding carboxylic acids is 1. The molecule has 0 radical (unpaired) electrons. The number of amides is 1. The number of aliphatic hydroxyl groups excluding tert-OH is 1. The van der Waals surface area contributed by atoms with Gasteiger partial charge in [0.1, 0.15) is 5.75 Å². The molecule has 98 valence electrons. The molecule has 7 nitrogen and oxygen atoms in total. The second-order valence-corrected chi connectivity index (χ2v) is 3.67. The van der Waals surface area contributed by atoms with Crippen molar-refractivity contribution in [1.82, 2.24) is 5.32 Å². The van der Waals surface area contributed by atoms with Crippen LogP contribution in [0, 0.1) is 10.1 Å². The summed E-state index contributed by atoms with van der Waals surface area (Å²) in [5.41, 5.74) is -0.483. The van der Waals surface area contributed by atoms with Gasteiger partial charge >= 0.3 is 0 Å². The van der Waals surface area contributed by atoms with Crippen LogP contribution in [0.15, 0.2) is 18.2 Å². The zero-order valence-electron chi connectivity index (χ0n) is 10.0. The van der Waals surface area contributed by atoms with Crippen LogP contribution in [0.5, 0.6) is 5.75 Å². The van der Waals surface area contributed by atoms with Gasteiger partial charge in [-0.15, -0.1) is 0 Å². The molecule has 1 atom stereocenters. The molecule has 0 spiro atoms. The average Bonchev–Trinajstić information content (AvgIpc) is 2.34. The van der Waals surface area contributed by atoms with Gasteiger partial charge in [0, 0.05) is 12.6 Å². The first-order valence-electron chi connectivity index (χ1n) is 5.25. The third-order valence-electron chi connectivity index (χ3n) is 2.21. The lowest BCUT2D eigenvalue weighted by Crippen LogP contribution is -2.31. The lowest BCUT2D eigenvalue weighted by molar-refractivity contribution is -0.385. The number of methoxy groups -OCH3 is 1. The Morgan fingerprint density at radius 2 is 2.28 bits per heavy atom. The molecule has 1 aromatic carbocycles. The maximum atomic E-state index is 11.8. The molecule has 1 amide bonds. The fraction of sp³-hybridized carbons (Fsp3) is 0.364. The second kappa shape index (κ2) is 5.97. The Morgan fingerprint density at radius 3 is 2.78 bits per heavy atom. The highest BCUT2D eigenvalue weighted by Crippen LogP contribution is 2.27. The normalized spacial score (nSPS) is 11.7. The standard InChI is InChI=1S/C11H14N2O5/c1-7(14)6-12-11(15)10-8(13(16)17)4-3-5-9(10)18-2/h3-5,7,14H,6H2,1-2H3,(H,12,15). The number of ether oxygens (including phenoxy) is 1. The Bertz CT molecular complexity index is 459. The monoisotopic (exact) mass is 254 g/mol. The lowest BCUT2D eigenvalue weighted by atomic mass is 10.1. The SMILES string of the molecule is COc1cccc([N+](=O)[O-])c1C(=O)NCC(C)O. The zero-order chi connectivity index (χ0) is 13.7. The molecule has 2 N–H and O–H groups in total. The van der Waals surface area contributed by atoms with Crippen molar-refractivity contribution in [2.24, 2.45) is 0 Å². The minimum absolute atomic E-state index is 0.00797. The van der Waals surface area contributed by atoms with E-state index in [1.54, 1.807) is 0 Å². The van der Waals surface area contributed by atoms with Crippen LogP contribution < -0.4 is 10.1 Å². The van der Waals surface area contributed by atoms with Gasteiger partial charge in [0.2, 0.25) is 0 Å². The zero-order valence-corrected chi connectivity index (χ0v) is 10.0. The predicted molar refractivity (Wildman–Crippen MR) is 63.7 cm³/mol. The summed E-state index contributed by atoms with van der Waals surface area (Å²) in [5, 5.41) is 22.3. The number of nitro benzene ring substituents is 1. The summed E-state index contributed by atoms with van der Waals surface area (Å²) in [6.45, 7) is 1.50. The Balaban J connectivity index is 3.11. The first-order chi connectivity index (χ1) is 8.47.